The van der Waals surface area contributed by atoms with Crippen molar-refractivity contribution in [1.29, 1.82) is 0 Å². The monoisotopic (exact) mass is 1960 g/mol. The van der Waals surface area contributed by atoms with E-state index in [-0.39, 0.29) is 0 Å². The van der Waals surface area contributed by atoms with E-state index in [2.05, 4.69) is 490 Å². The van der Waals surface area contributed by atoms with Crippen molar-refractivity contribution in [3.05, 3.63) is 507 Å². The smallest absolute Gasteiger partial charge is 0.121 e. The van der Waals surface area contributed by atoms with Crippen LogP contribution in [0.5, 0.6) is 34.5 Å². The second-order valence-electron chi connectivity index (χ2n) is 37.5. The number of hydrogen-bond donors (Lipinski definition) is 0. The zero-order valence-electron chi connectivity index (χ0n) is 87.4. The minimum absolute atomic E-state index is 0.600. The summed E-state index contributed by atoms with van der Waals surface area (Å²) in [4.78, 5) is 13.8. The minimum Gasteiger partial charge on any atom is -0.494 e. The summed E-state index contributed by atoms with van der Waals surface area (Å²) < 4.78 is 35.4. The topological polar surface area (TPSA) is 74.8 Å². The molecular formula is C138H126N6O6. The lowest BCUT2D eigenvalue weighted by Crippen LogP contribution is -2.10. The summed E-state index contributed by atoms with van der Waals surface area (Å²) >= 11 is 0. The van der Waals surface area contributed by atoms with E-state index in [1.807, 2.05) is 96.1 Å². The molecule has 150 heavy (non-hydrogen) atoms. The summed E-state index contributed by atoms with van der Waals surface area (Å²) in [7, 11) is 0. The lowest BCUT2D eigenvalue weighted by Gasteiger charge is -2.27. The highest BCUT2D eigenvalue weighted by atomic mass is 16.5. The van der Waals surface area contributed by atoms with Crippen LogP contribution in [0.25, 0.3) is 66.8 Å². The Balaban J connectivity index is 0.000000188. The number of rotatable bonds is 36. The van der Waals surface area contributed by atoms with Crippen LogP contribution < -0.4 is 57.8 Å². The van der Waals surface area contributed by atoms with Crippen molar-refractivity contribution in [1.82, 2.24) is 0 Å². The van der Waals surface area contributed by atoms with Crippen LogP contribution in [0.4, 0.5) is 102 Å². The summed E-state index contributed by atoms with van der Waals surface area (Å²) in [6, 6.07) is 170. The van der Waals surface area contributed by atoms with Crippen molar-refractivity contribution < 1.29 is 28.4 Å². The van der Waals surface area contributed by atoms with E-state index in [4.69, 9.17) is 28.4 Å². The van der Waals surface area contributed by atoms with Gasteiger partial charge < -0.3 is 57.8 Å². The Morgan fingerprint density at radius 2 is 0.267 bits per heavy atom. The summed E-state index contributed by atoms with van der Waals surface area (Å²) in [6.45, 7) is 28.5. The van der Waals surface area contributed by atoms with Gasteiger partial charge in [0.25, 0.3) is 0 Å². The van der Waals surface area contributed by atoms with E-state index >= 15 is 0 Å². The van der Waals surface area contributed by atoms with Gasteiger partial charge in [-0.15, -0.1) is 0 Å². The van der Waals surface area contributed by atoms with Gasteiger partial charge in [-0.3, -0.25) is 0 Å². The third-order valence-corrected chi connectivity index (χ3v) is 26.7. The van der Waals surface area contributed by atoms with E-state index in [1.165, 1.54) is 33.4 Å². The highest BCUT2D eigenvalue weighted by Gasteiger charge is 2.24. The quantitative estimate of drug-likeness (QED) is 0.0375. The second kappa shape index (κ2) is 47.5. The second-order valence-corrected chi connectivity index (χ2v) is 37.5. The maximum absolute atomic E-state index is 5.97. The lowest BCUT2D eigenvalue weighted by molar-refractivity contribution is 0.340. The predicted octanol–water partition coefficient (Wildman–Crippen LogP) is 38.4. The van der Waals surface area contributed by atoms with Gasteiger partial charge in [-0.05, 0) is 458 Å². The molecule has 0 heterocycles. The zero-order chi connectivity index (χ0) is 103. The van der Waals surface area contributed by atoms with E-state index in [1.54, 1.807) is 0 Å². The number of anilines is 18. The van der Waals surface area contributed by atoms with E-state index < -0.39 is 0 Å². The van der Waals surface area contributed by atoms with Crippen molar-refractivity contribution in [2.45, 2.75) is 83.1 Å². The van der Waals surface area contributed by atoms with Gasteiger partial charge >= 0.3 is 0 Å². The molecule has 0 radical (unpaired) electrons. The van der Waals surface area contributed by atoms with Gasteiger partial charge in [0.15, 0.2) is 0 Å². The van der Waals surface area contributed by atoms with Crippen LogP contribution in [-0.4, -0.2) is 39.6 Å². The van der Waals surface area contributed by atoms with Gasteiger partial charge in [-0.2, -0.15) is 0 Å². The van der Waals surface area contributed by atoms with Crippen LogP contribution in [0.1, 0.15) is 74.9 Å². The summed E-state index contributed by atoms with van der Waals surface area (Å²) in [5.74, 6) is 5.08. The highest BCUT2D eigenvalue weighted by molar-refractivity contribution is 5.91. The molecule has 12 heteroatoms. The average molecular weight is 1960 g/mol. The van der Waals surface area contributed by atoms with Crippen LogP contribution >= 0.6 is 0 Å². The van der Waals surface area contributed by atoms with E-state index in [9.17, 15) is 0 Å². The van der Waals surface area contributed by atoms with Crippen LogP contribution in [0.2, 0.25) is 0 Å². The Hall–Kier alpha value is -18.0. The fourth-order valence-electron chi connectivity index (χ4n) is 19.4. The van der Waals surface area contributed by atoms with Crippen LogP contribution in [-0.2, 0) is 0 Å². The molecule has 744 valence electrons. The number of nitrogens with zero attached hydrogens (tertiary/aromatic N) is 6. The molecule has 0 bridgehead atoms. The molecule has 0 fully saturated rings. The molecule has 0 aliphatic heterocycles. The molecular weight excluding hydrogens is 1840 g/mol. The van der Waals surface area contributed by atoms with E-state index in [0.29, 0.717) is 39.6 Å². The Morgan fingerprint density at radius 1 is 0.120 bits per heavy atom. The molecule has 20 aromatic rings. The first-order valence-corrected chi connectivity index (χ1v) is 52.0. The first kappa shape index (κ1) is 101. The van der Waals surface area contributed by atoms with E-state index in [0.717, 1.165) is 204 Å². The molecule has 0 aliphatic carbocycles. The normalized spacial score (nSPS) is 11.0. The molecule has 0 aliphatic rings. The molecule has 20 aromatic carbocycles. The molecule has 0 saturated heterocycles. The summed E-state index contributed by atoms with van der Waals surface area (Å²) in [6.07, 6.45) is 0. The largest absolute Gasteiger partial charge is 0.494 e. The van der Waals surface area contributed by atoms with Gasteiger partial charge in [0, 0.05) is 121 Å². The van der Waals surface area contributed by atoms with Gasteiger partial charge in [-0.25, -0.2) is 0 Å². The van der Waals surface area contributed by atoms with Crippen LogP contribution in [0.15, 0.2) is 473 Å². The number of ether oxygens (including phenoxy) is 6. The number of hydrogen-bond acceptors (Lipinski definition) is 12. The molecule has 20 rings (SSSR count). The SMILES string of the molecule is CCOc1ccc(N(c2ccc(C)cc2)c2ccc(-c3cc(-c4ccc(N(c5ccc(C)cc5)c5ccc(OCC)cc5)cc4)cc(-c4ccc(N(c5ccc(C)cc5)c5ccc(OCC)cc5)cc4)c3)cc2)cc1.CCOc1cccc(N(c2ccc(-c3cc(-c4ccc(N(c5cccc(C)c5)c5cccc(OCC)c5)cc4)cc(-c4ccc(N(c5cccc(C)c5)c5cccc(OCC)c5)cc4)c3)cc2)c2cccc(C)c2)c1. The first-order valence-electron chi connectivity index (χ1n) is 52.0. The maximum Gasteiger partial charge on any atom is 0.121 e. The van der Waals surface area contributed by atoms with Gasteiger partial charge in [0.1, 0.15) is 34.5 Å². The molecule has 0 unspecified atom stereocenters. The Labute approximate surface area is 884 Å². The Bertz CT molecular complexity index is 7130. The third-order valence-electron chi connectivity index (χ3n) is 26.7. The first-order chi connectivity index (χ1) is 73.4. The van der Waals surface area contributed by atoms with Crippen molar-refractivity contribution >= 4 is 102 Å². The zero-order valence-corrected chi connectivity index (χ0v) is 87.4. The van der Waals surface area contributed by atoms with Crippen molar-refractivity contribution in [2.75, 3.05) is 69.0 Å². The average Bonchev–Trinajstić information content (AvgIpc) is 0.781. The molecule has 0 spiro atoms. The lowest BCUT2D eigenvalue weighted by atomic mass is 9.93. The van der Waals surface area contributed by atoms with Gasteiger partial charge in [-0.1, -0.05) is 180 Å². The van der Waals surface area contributed by atoms with Crippen LogP contribution in [0.3, 0.4) is 0 Å². The molecule has 12 nitrogen and oxygen atoms in total. The fraction of sp³-hybridized carbons (Fsp3) is 0.130. The molecule has 0 atom stereocenters. The molecule has 0 aromatic heterocycles. The Kier molecular flexibility index (Phi) is 31.8. The molecule has 0 saturated carbocycles. The minimum atomic E-state index is 0.600. The Morgan fingerprint density at radius 3 is 0.440 bits per heavy atom. The standard InChI is InChI=1S/2C69H63N3O3/c1-7-73-67-40-34-64(35-41-67)70(58-22-10-49(4)11-23-58)61-28-16-52(17-29-61)55-46-56(53-18-30-62(31-19-53)71(59-24-12-50(5)13-25-59)65-36-42-68(43-37-65)74-8-2)48-57(47-55)54-20-32-63(33-21-54)72(60-26-14-51(6)15-27-60)66-38-44-69(45-39-66)75-9-3;1-7-73-67-25-13-22-64(46-67)70(61-19-10-16-49(4)40-61)58-34-28-52(29-35-58)55-43-56(53-30-36-59(37-31-53)71(62-20-11-17-50(5)41-62)65-23-14-26-68(47-65)74-8-2)45-57(44-55)54-32-38-60(39-33-54)72(63-21-12-18-51(6)42-63)66-24-15-27-69(48-66)75-9-3/h2*10-48H,7-9H2,1-6H3. The van der Waals surface area contributed by atoms with Gasteiger partial charge in [0.2, 0.25) is 0 Å². The van der Waals surface area contributed by atoms with Crippen molar-refractivity contribution in [2.24, 2.45) is 0 Å². The predicted molar refractivity (Wildman–Crippen MR) is 629 cm³/mol. The highest BCUT2D eigenvalue weighted by Crippen LogP contribution is 2.48. The molecule has 0 N–H and O–H groups in total. The third kappa shape index (κ3) is 24.0. The fourth-order valence-corrected chi connectivity index (χ4v) is 19.4. The van der Waals surface area contributed by atoms with Crippen molar-refractivity contribution in [3.63, 3.8) is 0 Å². The number of benzene rings is 20. The number of aryl methyl sites for hydroxylation is 6. The summed E-state index contributed by atoms with van der Waals surface area (Å²) in [5.41, 5.74) is 39.7. The van der Waals surface area contributed by atoms with Crippen molar-refractivity contribution in [3.8, 4) is 101 Å². The van der Waals surface area contributed by atoms with Crippen LogP contribution in [0, 0.1) is 41.5 Å². The van der Waals surface area contributed by atoms with Gasteiger partial charge in [0.05, 0.1) is 39.6 Å². The maximum atomic E-state index is 5.97. The summed E-state index contributed by atoms with van der Waals surface area (Å²) in [5, 5.41) is 0. The molecule has 0 amide bonds.